The van der Waals surface area contributed by atoms with Crippen LogP contribution in [0.3, 0.4) is 0 Å². The molecule has 0 aromatic heterocycles. The average molecular weight is 327 g/mol. The number of aliphatic hydroxyl groups is 1. The maximum Gasteiger partial charge on any atom is 0.155 e. The molecule has 24 heavy (non-hydrogen) atoms. The van der Waals surface area contributed by atoms with E-state index in [4.69, 9.17) is 0 Å². The first-order chi connectivity index (χ1) is 11.6. The van der Waals surface area contributed by atoms with Crippen molar-refractivity contribution in [1.29, 1.82) is 5.26 Å². The Hall–Kier alpha value is -1.14. The zero-order chi connectivity index (χ0) is 16.9. The Morgan fingerprint density at radius 2 is 2.12 bits per heavy atom. The smallest absolute Gasteiger partial charge is 0.155 e. The fourth-order valence-corrected chi connectivity index (χ4v) is 7.20. The van der Waals surface area contributed by atoms with Crippen molar-refractivity contribution in [2.45, 2.75) is 58.3 Å². The number of rotatable bonds is 2. The van der Waals surface area contributed by atoms with Crippen molar-refractivity contribution in [1.82, 2.24) is 0 Å². The van der Waals surface area contributed by atoms with E-state index in [9.17, 15) is 15.2 Å². The van der Waals surface area contributed by atoms with Crippen LogP contribution in [0, 0.1) is 52.3 Å². The molecule has 3 saturated carbocycles. The molecule has 4 aliphatic carbocycles. The second kappa shape index (κ2) is 5.99. The Morgan fingerprint density at radius 3 is 2.83 bits per heavy atom. The van der Waals surface area contributed by atoms with Crippen LogP contribution >= 0.6 is 0 Å². The van der Waals surface area contributed by atoms with Gasteiger partial charge in [0.2, 0.25) is 0 Å². The lowest BCUT2D eigenvalue weighted by atomic mass is 9.49. The first kappa shape index (κ1) is 16.3. The van der Waals surface area contributed by atoms with Gasteiger partial charge in [-0.2, -0.15) is 5.26 Å². The molecule has 3 heteroatoms. The van der Waals surface area contributed by atoms with Gasteiger partial charge in [-0.25, -0.2) is 0 Å². The molecule has 3 nitrogen and oxygen atoms in total. The number of nitrogens with zero attached hydrogens (tertiary/aromatic N) is 1. The SMILES string of the molecule is CC[C@]12CC[C@H]3[C@@H](CC(CO)C4=CC(=O)CC[C@@H]43)[C@@H]1CCC2C#N. The maximum atomic E-state index is 11.9. The van der Waals surface area contributed by atoms with E-state index in [0.717, 1.165) is 25.7 Å². The first-order valence-electron chi connectivity index (χ1n) is 9.89. The van der Waals surface area contributed by atoms with Crippen LogP contribution in [0.5, 0.6) is 0 Å². The van der Waals surface area contributed by atoms with Crippen LogP contribution in [0.1, 0.15) is 58.3 Å². The molecule has 0 aliphatic heterocycles. The number of fused-ring (bicyclic) bond motifs is 5. The van der Waals surface area contributed by atoms with E-state index >= 15 is 0 Å². The lowest BCUT2D eigenvalue weighted by molar-refractivity contribution is -0.116. The number of carbonyl (C=O) groups excluding carboxylic acids is 1. The number of hydrogen-bond acceptors (Lipinski definition) is 3. The Bertz CT molecular complexity index is 603. The highest BCUT2D eigenvalue weighted by Gasteiger charge is 2.58. The fraction of sp³-hybridized carbons (Fsp3) is 0.810. The molecule has 0 amide bonds. The van der Waals surface area contributed by atoms with Crippen LogP contribution in [0.4, 0.5) is 0 Å². The summed E-state index contributed by atoms with van der Waals surface area (Å²) in [4.78, 5) is 11.9. The first-order valence-corrected chi connectivity index (χ1v) is 9.89. The van der Waals surface area contributed by atoms with E-state index in [0.29, 0.717) is 30.1 Å². The zero-order valence-electron chi connectivity index (χ0n) is 14.7. The monoisotopic (exact) mass is 327 g/mol. The third-order valence-electron chi connectivity index (χ3n) is 8.25. The summed E-state index contributed by atoms with van der Waals surface area (Å²) in [6.45, 7) is 2.45. The molecular weight excluding hydrogens is 298 g/mol. The van der Waals surface area contributed by atoms with Gasteiger partial charge in [-0.3, -0.25) is 4.79 Å². The minimum atomic E-state index is 0.173. The van der Waals surface area contributed by atoms with Gasteiger partial charge >= 0.3 is 0 Å². The summed E-state index contributed by atoms with van der Waals surface area (Å²) in [6, 6.07) is 2.63. The molecular formula is C21H29NO2. The predicted octanol–water partition coefficient (Wildman–Crippen LogP) is 3.88. The number of hydrogen-bond donors (Lipinski definition) is 1. The van der Waals surface area contributed by atoms with Gasteiger partial charge in [-0.1, -0.05) is 12.5 Å². The molecule has 0 spiro atoms. The number of aliphatic hydroxyl groups excluding tert-OH is 1. The van der Waals surface area contributed by atoms with E-state index in [2.05, 4.69) is 13.0 Å². The van der Waals surface area contributed by atoms with Crippen molar-refractivity contribution >= 4 is 5.78 Å². The summed E-state index contributed by atoms with van der Waals surface area (Å²) in [5.41, 5.74) is 1.48. The third kappa shape index (κ3) is 2.15. The summed E-state index contributed by atoms with van der Waals surface area (Å²) < 4.78 is 0. The van der Waals surface area contributed by atoms with Crippen molar-refractivity contribution in [3.63, 3.8) is 0 Å². The Morgan fingerprint density at radius 1 is 1.29 bits per heavy atom. The van der Waals surface area contributed by atoms with Gasteiger partial charge in [0.25, 0.3) is 0 Å². The van der Waals surface area contributed by atoms with E-state index in [1.54, 1.807) is 0 Å². The summed E-state index contributed by atoms with van der Waals surface area (Å²) in [5.74, 6) is 3.13. The average Bonchev–Trinajstić information content (AvgIpc) is 2.99. The summed E-state index contributed by atoms with van der Waals surface area (Å²) in [7, 11) is 0. The molecule has 0 aromatic rings. The molecule has 2 unspecified atom stereocenters. The molecule has 130 valence electrons. The predicted molar refractivity (Wildman–Crippen MR) is 91.8 cm³/mol. The molecule has 3 fully saturated rings. The Labute approximate surface area is 145 Å². The second-order valence-electron chi connectivity index (χ2n) is 8.69. The van der Waals surface area contributed by atoms with Crippen LogP contribution in [0.25, 0.3) is 0 Å². The molecule has 0 radical (unpaired) electrons. The van der Waals surface area contributed by atoms with Gasteiger partial charge in [0.15, 0.2) is 5.78 Å². The quantitative estimate of drug-likeness (QED) is 0.837. The minimum absolute atomic E-state index is 0.173. The summed E-state index contributed by atoms with van der Waals surface area (Å²) in [5, 5.41) is 19.6. The zero-order valence-corrected chi connectivity index (χ0v) is 14.7. The number of nitriles is 1. The van der Waals surface area contributed by atoms with Crippen molar-refractivity contribution < 1.29 is 9.90 Å². The largest absolute Gasteiger partial charge is 0.396 e. The normalized spacial score (nSPS) is 47.2. The number of carbonyl (C=O) groups is 1. The minimum Gasteiger partial charge on any atom is -0.396 e. The van der Waals surface area contributed by atoms with E-state index in [1.165, 1.54) is 24.8 Å². The molecule has 4 aliphatic rings. The molecule has 1 N–H and O–H groups in total. The van der Waals surface area contributed by atoms with Crippen LogP contribution in [0.15, 0.2) is 11.6 Å². The topological polar surface area (TPSA) is 61.1 Å². The summed E-state index contributed by atoms with van der Waals surface area (Å²) >= 11 is 0. The summed E-state index contributed by atoms with van der Waals surface area (Å²) in [6.07, 6.45) is 10.3. The van der Waals surface area contributed by atoms with Crippen LogP contribution in [0.2, 0.25) is 0 Å². The molecule has 4 rings (SSSR count). The molecule has 0 aromatic carbocycles. The molecule has 7 atom stereocenters. The molecule has 0 heterocycles. The van der Waals surface area contributed by atoms with Gasteiger partial charge in [0.05, 0.1) is 12.0 Å². The Kier molecular flexibility index (Phi) is 4.07. The van der Waals surface area contributed by atoms with E-state index in [-0.39, 0.29) is 29.6 Å². The maximum absolute atomic E-state index is 11.9. The van der Waals surface area contributed by atoms with Gasteiger partial charge < -0.3 is 5.11 Å². The van der Waals surface area contributed by atoms with Gasteiger partial charge in [-0.15, -0.1) is 0 Å². The van der Waals surface area contributed by atoms with Crippen molar-refractivity contribution in [2.24, 2.45) is 40.9 Å². The Balaban J connectivity index is 1.69. The second-order valence-corrected chi connectivity index (χ2v) is 8.69. The third-order valence-corrected chi connectivity index (χ3v) is 8.25. The number of ketones is 1. The standard InChI is InChI=1S/C21H29NO2/c1-2-21-8-7-17-16-5-4-15(24)10-18(16)13(12-23)9-19(17)20(21)6-3-14(21)11-22/h10,13-14,16-17,19-20,23H,2-9,12H2,1H3/t13?,14?,16-,17-,19-,20+,21-/m1/s1. The van der Waals surface area contributed by atoms with Gasteiger partial charge in [0, 0.05) is 18.9 Å². The lowest BCUT2D eigenvalue weighted by Crippen LogP contribution is -2.49. The highest BCUT2D eigenvalue weighted by Crippen LogP contribution is 2.65. The lowest BCUT2D eigenvalue weighted by Gasteiger charge is -2.56. The van der Waals surface area contributed by atoms with E-state index < -0.39 is 0 Å². The van der Waals surface area contributed by atoms with Crippen molar-refractivity contribution in [3.05, 3.63) is 11.6 Å². The van der Waals surface area contributed by atoms with Gasteiger partial charge in [-0.05, 0) is 80.1 Å². The van der Waals surface area contributed by atoms with Crippen molar-refractivity contribution in [2.75, 3.05) is 6.61 Å². The molecule has 0 saturated heterocycles. The van der Waals surface area contributed by atoms with Crippen LogP contribution in [-0.2, 0) is 4.79 Å². The van der Waals surface area contributed by atoms with E-state index in [1.807, 2.05) is 6.08 Å². The fourth-order valence-electron chi connectivity index (χ4n) is 7.20. The van der Waals surface area contributed by atoms with Crippen LogP contribution in [-0.4, -0.2) is 17.5 Å². The highest BCUT2D eigenvalue weighted by atomic mass is 16.3. The van der Waals surface area contributed by atoms with Crippen LogP contribution < -0.4 is 0 Å². The highest BCUT2D eigenvalue weighted by molar-refractivity contribution is 5.91. The molecule has 0 bridgehead atoms. The van der Waals surface area contributed by atoms with Gasteiger partial charge in [0.1, 0.15) is 0 Å². The van der Waals surface area contributed by atoms with Crippen molar-refractivity contribution in [3.8, 4) is 6.07 Å².